The molecule has 2 unspecified atom stereocenters. The molecule has 1 saturated heterocycles. The number of rotatable bonds is 3. The number of anilines is 2. The van der Waals surface area contributed by atoms with Crippen molar-refractivity contribution in [3.05, 3.63) is 24.0 Å². The molecule has 0 aromatic heterocycles. The molecule has 1 aromatic rings. The van der Waals surface area contributed by atoms with E-state index in [2.05, 4.69) is 5.32 Å². The smallest absolute Gasteiger partial charge is 0.125 e. The van der Waals surface area contributed by atoms with E-state index in [1.807, 2.05) is 6.92 Å². The Morgan fingerprint density at radius 1 is 1.56 bits per heavy atom. The van der Waals surface area contributed by atoms with Crippen LogP contribution in [0.4, 0.5) is 15.8 Å². The first kappa shape index (κ1) is 11.2. The third-order valence-corrected chi connectivity index (χ3v) is 2.92. The predicted octanol–water partition coefficient (Wildman–Crippen LogP) is 2.39. The van der Waals surface area contributed by atoms with Gasteiger partial charge in [0.15, 0.2) is 0 Å². The Morgan fingerprint density at radius 3 is 3.06 bits per heavy atom. The Labute approximate surface area is 94.8 Å². The van der Waals surface area contributed by atoms with E-state index in [1.165, 1.54) is 12.1 Å². The lowest BCUT2D eigenvalue weighted by molar-refractivity contribution is 0.0997. The van der Waals surface area contributed by atoms with Crippen molar-refractivity contribution in [2.24, 2.45) is 0 Å². The summed E-state index contributed by atoms with van der Waals surface area (Å²) < 4.78 is 18.6. The number of nitrogen functional groups attached to an aromatic ring is 1. The summed E-state index contributed by atoms with van der Waals surface area (Å²) in [6, 6.07) is 4.49. The van der Waals surface area contributed by atoms with Gasteiger partial charge >= 0.3 is 0 Å². The van der Waals surface area contributed by atoms with Crippen LogP contribution in [0.3, 0.4) is 0 Å². The minimum Gasteiger partial charge on any atom is -0.397 e. The standard InChI is InChI=1S/C12H17FN2O/c1-8(12-3-2-6-16-12)15-11-7-9(13)4-5-10(11)14/h4-5,7-8,12,15H,2-3,6,14H2,1H3. The molecule has 0 saturated carbocycles. The third-order valence-electron chi connectivity index (χ3n) is 2.92. The topological polar surface area (TPSA) is 47.3 Å². The van der Waals surface area contributed by atoms with Crippen LogP contribution in [0, 0.1) is 5.82 Å². The molecule has 0 aliphatic carbocycles. The van der Waals surface area contributed by atoms with Gasteiger partial charge in [0, 0.05) is 12.6 Å². The van der Waals surface area contributed by atoms with Crippen LogP contribution in [-0.2, 0) is 4.74 Å². The molecule has 1 aliphatic heterocycles. The SMILES string of the molecule is CC(Nc1cc(F)ccc1N)C1CCCO1. The van der Waals surface area contributed by atoms with Gasteiger partial charge in [-0.1, -0.05) is 0 Å². The first-order chi connectivity index (χ1) is 7.66. The Kier molecular flexibility index (Phi) is 3.29. The van der Waals surface area contributed by atoms with Crippen molar-refractivity contribution in [1.82, 2.24) is 0 Å². The summed E-state index contributed by atoms with van der Waals surface area (Å²) in [5.74, 6) is -0.281. The zero-order valence-corrected chi connectivity index (χ0v) is 9.37. The highest BCUT2D eigenvalue weighted by Gasteiger charge is 2.22. The molecule has 0 radical (unpaired) electrons. The Hall–Kier alpha value is -1.29. The van der Waals surface area contributed by atoms with Crippen LogP contribution >= 0.6 is 0 Å². The molecule has 0 amide bonds. The lowest BCUT2D eigenvalue weighted by atomic mass is 10.1. The highest BCUT2D eigenvalue weighted by molar-refractivity contribution is 5.66. The fourth-order valence-electron chi connectivity index (χ4n) is 1.99. The summed E-state index contributed by atoms with van der Waals surface area (Å²) in [5, 5.41) is 3.20. The Bertz CT molecular complexity index is 364. The quantitative estimate of drug-likeness (QED) is 0.775. The summed E-state index contributed by atoms with van der Waals surface area (Å²) in [5.41, 5.74) is 6.97. The van der Waals surface area contributed by atoms with Crippen molar-refractivity contribution in [3.8, 4) is 0 Å². The van der Waals surface area contributed by atoms with Gasteiger partial charge in [0.05, 0.1) is 17.5 Å². The molecule has 0 spiro atoms. The first-order valence-corrected chi connectivity index (χ1v) is 5.60. The number of hydrogen-bond acceptors (Lipinski definition) is 3. The maximum atomic E-state index is 13.0. The van der Waals surface area contributed by atoms with Crippen molar-refractivity contribution in [2.75, 3.05) is 17.7 Å². The van der Waals surface area contributed by atoms with Crippen LogP contribution < -0.4 is 11.1 Å². The van der Waals surface area contributed by atoms with Crippen molar-refractivity contribution in [3.63, 3.8) is 0 Å². The number of nitrogens with two attached hydrogens (primary N) is 1. The van der Waals surface area contributed by atoms with Crippen molar-refractivity contribution < 1.29 is 9.13 Å². The molecule has 1 fully saturated rings. The zero-order chi connectivity index (χ0) is 11.5. The van der Waals surface area contributed by atoms with Gasteiger partial charge in [-0.2, -0.15) is 0 Å². The van der Waals surface area contributed by atoms with E-state index in [4.69, 9.17) is 10.5 Å². The average Bonchev–Trinajstić information content (AvgIpc) is 2.76. The second kappa shape index (κ2) is 4.70. The molecule has 3 N–H and O–H groups in total. The molecule has 1 aliphatic rings. The molecule has 4 heteroatoms. The fourth-order valence-corrected chi connectivity index (χ4v) is 1.99. The molecular weight excluding hydrogens is 207 g/mol. The lowest BCUT2D eigenvalue weighted by Crippen LogP contribution is -2.30. The molecule has 88 valence electrons. The predicted molar refractivity (Wildman–Crippen MR) is 62.9 cm³/mol. The minimum absolute atomic E-state index is 0.145. The van der Waals surface area contributed by atoms with Gasteiger partial charge in [-0.15, -0.1) is 0 Å². The number of benzene rings is 1. The van der Waals surface area contributed by atoms with E-state index in [-0.39, 0.29) is 18.0 Å². The van der Waals surface area contributed by atoms with Crippen LogP contribution in [0.2, 0.25) is 0 Å². The highest BCUT2D eigenvalue weighted by Crippen LogP contribution is 2.23. The van der Waals surface area contributed by atoms with Gasteiger partial charge in [0.1, 0.15) is 5.82 Å². The Balaban J connectivity index is 2.04. The maximum absolute atomic E-state index is 13.0. The van der Waals surface area contributed by atoms with Crippen molar-refractivity contribution in [2.45, 2.75) is 31.9 Å². The summed E-state index contributed by atoms with van der Waals surface area (Å²) >= 11 is 0. The second-order valence-electron chi connectivity index (χ2n) is 4.22. The monoisotopic (exact) mass is 224 g/mol. The molecule has 2 rings (SSSR count). The molecule has 3 nitrogen and oxygen atoms in total. The number of nitrogens with one attached hydrogen (secondary N) is 1. The number of ether oxygens (including phenoxy) is 1. The number of hydrogen-bond donors (Lipinski definition) is 2. The van der Waals surface area contributed by atoms with E-state index in [1.54, 1.807) is 6.07 Å². The molecule has 1 heterocycles. The highest BCUT2D eigenvalue weighted by atomic mass is 19.1. The molecule has 2 atom stereocenters. The lowest BCUT2D eigenvalue weighted by Gasteiger charge is -2.22. The maximum Gasteiger partial charge on any atom is 0.125 e. The summed E-state index contributed by atoms with van der Waals surface area (Å²) in [4.78, 5) is 0. The molecule has 16 heavy (non-hydrogen) atoms. The van der Waals surface area contributed by atoms with E-state index >= 15 is 0 Å². The van der Waals surface area contributed by atoms with Crippen molar-refractivity contribution >= 4 is 11.4 Å². The Morgan fingerprint density at radius 2 is 2.38 bits per heavy atom. The van der Waals surface area contributed by atoms with E-state index in [0.717, 1.165) is 19.4 Å². The van der Waals surface area contributed by atoms with Gasteiger partial charge in [-0.05, 0) is 38.0 Å². The van der Waals surface area contributed by atoms with Gasteiger partial charge < -0.3 is 15.8 Å². The zero-order valence-electron chi connectivity index (χ0n) is 9.37. The van der Waals surface area contributed by atoms with Crippen LogP contribution in [0.1, 0.15) is 19.8 Å². The molecular formula is C12H17FN2O. The van der Waals surface area contributed by atoms with Crippen molar-refractivity contribution in [1.29, 1.82) is 0 Å². The van der Waals surface area contributed by atoms with E-state index < -0.39 is 0 Å². The van der Waals surface area contributed by atoms with Crippen LogP contribution in [-0.4, -0.2) is 18.8 Å². The number of halogens is 1. The molecule has 0 bridgehead atoms. The average molecular weight is 224 g/mol. The van der Waals surface area contributed by atoms with E-state index in [0.29, 0.717) is 11.4 Å². The van der Waals surface area contributed by atoms with Gasteiger partial charge in [-0.25, -0.2) is 4.39 Å². The second-order valence-corrected chi connectivity index (χ2v) is 4.22. The third kappa shape index (κ3) is 2.44. The van der Waals surface area contributed by atoms with Crippen LogP contribution in [0.15, 0.2) is 18.2 Å². The fraction of sp³-hybridized carbons (Fsp3) is 0.500. The minimum atomic E-state index is -0.281. The summed E-state index contributed by atoms with van der Waals surface area (Å²) in [6.07, 6.45) is 2.33. The van der Waals surface area contributed by atoms with Crippen LogP contribution in [0.5, 0.6) is 0 Å². The van der Waals surface area contributed by atoms with E-state index in [9.17, 15) is 4.39 Å². The first-order valence-electron chi connectivity index (χ1n) is 5.60. The van der Waals surface area contributed by atoms with Crippen LogP contribution in [0.25, 0.3) is 0 Å². The molecule has 1 aromatic carbocycles. The van der Waals surface area contributed by atoms with Gasteiger partial charge in [0.25, 0.3) is 0 Å². The summed E-state index contributed by atoms with van der Waals surface area (Å²) in [6.45, 7) is 2.84. The normalized spacial score (nSPS) is 22.0. The van der Waals surface area contributed by atoms with Gasteiger partial charge in [0.2, 0.25) is 0 Å². The summed E-state index contributed by atoms with van der Waals surface area (Å²) in [7, 11) is 0. The largest absolute Gasteiger partial charge is 0.397 e. The van der Waals surface area contributed by atoms with Gasteiger partial charge in [-0.3, -0.25) is 0 Å².